The van der Waals surface area contributed by atoms with Gasteiger partial charge >= 0.3 is 0 Å². The number of hydrogen-bond donors (Lipinski definition) is 1. The lowest BCUT2D eigenvalue weighted by Gasteiger charge is -2.21. The largest absolute Gasteiger partial charge is 0.507 e. The Hall–Kier alpha value is -0.650. The minimum atomic E-state index is 0.346. The average molecular weight is 294 g/mol. The number of aryl methyl sites for hydroxylation is 1. The van der Waals surface area contributed by atoms with Gasteiger partial charge in [-0.05, 0) is 31.7 Å². The number of nitrogens with zero attached hydrogens (tertiary/aromatic N) is 2. The van der Waals surface area contributed by atoms with Crippen LogP contribution < -0.4 is 0 Å². The zero-order valence-electron chi connectivity index (χ0n) is 11.2. The first-order valence-corrected chi connectivity index (χ1v) is 8.51. The van der Waals surface area contributed by atoms with E-state index >= 15 is 0 Å². The van der Waals surface area contributed by atoms with Crippen LogP contribution in [-0.4, -0.2) is 51.6 Å². The number of phenols is 1. The Balaban J connectivity index is 1.82. The number of benzene rings is 1. The molecule has 2 unspecified atom stereocenters. The van der Waals surface area contributed by atoms with Gasteiger partial charge in [-0.1, -0.05) is 6.07 Å². The highest BCUT2D eigenvalue weighted by Gasteiger charge is 2.33. The van der Waals surface area contributed by atoms with Crippen molar-refractivity contribution in [2.24, 2.45) is 4.99 Å². The van der Waals surface area contributed by atoms with Crippen molar-refractivity contribution in [3.8, 4) is 5.75 Å². The van der Waals surface area contributed by atoms with Gasteiger partial charge in [0, 0.05) is 23.6 Å². The molecule has 0 spiro atoms. The Morgan fingerprint density at radius 2 is 2.26 bits per heavy atom. The van der Waals surface area contributed by atoms with Gasteiger partial charge in [0.2, 0.25) is 0 Å². The summed E-state index contributed by atoms with van der Waals surface area (Å²) in [7, 11) is 2.17. The van der Waals surface area contributed by atoms with E-state index in [1.807, 2.05) is 36.9 Å². The van der Waals surface area contributed by atoms with Gasteiger partial charge in [0.1, 0.15) is 10.8 Å². The van der Waals surface area contributed by atoms with Crippen LogP contribution in [0.2, 0.25) is 0 Å². The zero-order valence-corrected chi connectivity index (χ0v) is 12.8. The summed E-state index contributed by atoms with van der Waals surface area (Å²) in [5.41, 5.74) is 1.95. The molecule has 1 saturated heterocycles. The van der Waals surface area contributed by atoms with Crippen molar-refractivity contribution in [1.82, 2.24) is 4.90 Å². The van der Waals surface area contributed by atoms with E-state index in [0.29, 0.717) is 17.2 Å². The van der Waals surface area contributed by atoms with Crippen LogP contribution in [0, 0.1) is 6.92 Å². The average Bonchev–Trinajstić information content (AvgIpc) is 2.97. The number of hydrogen-bond acceptors (Lipinski definition) is 5. The Kier molecular flexibility index (Phi) is 3.78. The van der Waals surface area contributed by atoms with Crippen LogP contribution in [0.15, 0.2) is 23.2 Å². The van der Waals surface area contributed by atoms with E-state index in [4.69, 9.17) is 4.99 Å². The van der Waals surface area contributed by atoms with E-state index in [1.165, 1.54) is 5.75 Å². The maximum absolute atomic E-state index is 10.0. The Labute approximate surface area is 122 Å². The van der Waals surface area contributed by atoms with Crippen LogP contribution in [0.25, 0.3) is 0 Å². The molecule has 0 bridgehead atoms. The lowest BCUT2D eigenvalue weighted by Crippen LogP contribution is -2.33. The van der Waals surface area contributed by atoms with Crippen molar-refractivity contribution < 1.29 is 5.11 Å². The number of aromatic hydroxyl groups is 1. The summed E-state index contributed by atoms with van der Waals surface area (Å²) in [6, 6.07) is 6.16. The summed E-state index contributed by atoms with van der Waals surface area (Å²) in [5.74, 6) is 2.56. The second-order valence-corrected chi connectivity index (χ2v) is 7.31. The molecule has 102 valence electrons. The molecule has 2 heterocycles. The monoisotopic (exact) mass is 294 g/mol. The fourth-order valence-electron chi connectivity index (χ4n) is 2.48. The minimum absolute atomic E-state index is 0.346. The minimum Gasteiger partial charge on any atom is -0.507 e. The van der Waals surface area contributed by atoms with Crippen LogP contribution in [0.1, 0.15) is 11.1 Å². The Bertz CT molecular complexity index is 518. The van der Waals surface area contributed by atoms with Gasteiger partial charge in [-0.3, -0.25) is 9.89 Å². The van der Waals surface area contributed by atoms with Gasteiger partial charge in [0.25, 0.3) is 0 Å². The maximum atomic E-state index is 10.0. The van der Waals surface area contributed by atoms with Gasteiger partial charge < -0.3 is 5.11 Å². The van der Waals surface area contributed by atoms with E-state index in [9.17, 15) is 5.11 Å². The molecule has 2 aliphatic heterocycles. The lowest BCUT2D eigenvalue weighted by molar-refractivity contribution is 0.328. The van der Waals surface area contributed by atoms with Crippen molar-refractivity contribution in [2.75, 3.05) is 25.1 Å². The number of likely N-dealkylation sites (N-methyl/N-ethyl adjacent to an activating group) is 1. The van der Waals surface area contributed by atoms with Crippen LogP contribution in [0.4, 0.5) is 0 Å². The normalized spacial score (nSPS) is 27.8. The molecule has 3 rings (SSSR count). The molecule has 1 fully saturated rings. The molecule has 1 aromatic carbocycles. The van der Waals surface area contributed by atoms with Gasteiger partial charge in [-0.15, -0.1) is 23.5 Å². The van der Waals surface area contributed by atoms with Crippen LogP contribution in [0.3, 0.4) is 0 Å². The molecule has 3 nitrogen and oxygen atoms in total. The Morgan fingerprint density at radius 1 is 1.42 bits per heavy atom. The quantitative estimate of drug-likeness (QED) is 0.909. The topological polar surface area (TPSA) is 35.8 Å². The van der Waals surface area contributed by atoms with Crippen molar-refractivity contribution in [2.45, 2.75) is 18.3 Å². The summed E-state index contributed by atoms with van der Waals surface area (Å²) in [4.78, 5) is 7.22. The summed E-state index contributed by atoms with van der Waals surface area (Å²) < 4.78 is 0. The van der Waals surface area contributed by atoms with Crippen LogP contribution >= 0.6 is 23.5 Å². The second kappa shape index (κ2) is 5.38. The van der Waals surface area contributed by atoms with E-state index in [0.717, 1.165) is 28.5 Å². The van der Waals surface area contributed by atoms with E-state index in [-0.39, 0.29) is 0 Å². The van der Waals surface area contributed by atoms with E-state index in [1.54, 1.807) is 11.8 Å². The molecule has 19 heavy (non-hydrogen) atoms. The number of rotatable bonds is 2. The fourth-order valence-corrected chi connectivity index (χ4v) is 5.10. The predicted molar refractivity (Wildman–Crippen MR) is 84.5 cm³/mol. The molecule has 0 aliphatic carbocycles. The van der Waals surface area contributed by atoms with Crippen molar-refractivity contribution >= 4 is 28.6 Å². The third kappa shape index (κ3) is 2.64. The summed E-state index contributed by atoms with van der Waals surface area (Å²) in [6.07, 6.45) is 0. The maximum Gasteiger partial charge on any atom is 0.125 e. The molecule has 1 N–H and O–H groups in total. The molecule has 2 atom stereocenters. The number of thioether (sulfide) groups is 2. The third-order valence-corrected chi connectivity index (χ3v) is 6.09. The first-order valence-electron chi connectivity index (χ1n) is 6.47. The standard InChI is InChI=1S/C14H18N2OS2/c1-9-3-4-10(12(17)7-9)13-15-11(8-19-13)14-16(2)5-6-18-14/h3-4,7,11,14,17H,5-6,8H2,1-2H3. The number of phenolic OH excluding ortho intramolecular Hbond substituents is 1. The highest BCUT2D eigenvalue weighted by molar-refractivity contribution is 8.14. The SMILES string of the molecule is Cc1ccc(C2=NC(C3SCCN3C)CS2)c(O)c1. The molecule has 1 aromatic rings. The van der Waals surface area contributed by atoms with Crippen LogP contribution in [0.5, 0.6) is 5.75 Å². The van der Waals surface area contributed by atoms with Crippen molar-refractivity contribution in [1.29, 1.82) is 0 Å². The zero-order chi connectivity index (χ0) is 13.4. The molecule has 0 radical (unpaired) electrons. The fraction of sp³-hybridized carbons (Fsp3) is 0.500. The van der Waals surface area contributed by atoms with Gasteiger partial charge in [-0.2, -0.15) is 0 Å². The number of aliphatic imine (C=N–C) groups is 1. The van der Waals surface area contributed by atoms with E-state index < -0.39 is 0 Å². The summed E-state index contributed by atoms with van der Waals surface area (Å²) >= 11 is 3.76. The van der Waals surface area contributed by atoms with E-state index in [2.05, 4.69) is 11.9 Å². The molecular formula is C14H18N2OS2. The summed E-state index contributed by atoms with van der Waals surface area (Å²) in [6.45, 7) is 3.14. The van der Waals surface area contributed by atoms with Gasteiger partial charge in [0.05, 0.1) is 11.4 Å². The predicted octanol–water partition coefficient (Wildman–Crippen LogP) is 2.57. The van der Waals surface area contributed by atoms with Gasteiger partial charge in [0.15, 0.2) is 0 Å². The molecular weight excluding hydrogens is 276 g/mol. The Morgan fingerprint density at radius 3 is 2.95 bits per heavy atom. The smallest absolute Gasteiger partial charge is 0.125 e. The molecule has 0 amide bonds. The van der Waals surface area contributed by atoms with Gasteiger partial charge in [-0.25, -0.2) is 0 Å². The lowest BCUT2D eigenvalue weighted by atomic mass is 10.1. The van der Waals surface area contributed by atoms with Crippen molar-refractivity contribution in [3.05, 3.63) is 29.3 Å². The highest BCUT2D eigenvalue weighted by Crippen LogP contribution is 2.35. The third-order valence-electron chi connectivity index (χ3n) is 3.55. The summed E-state index contributed by atoms with van der Waals surface area (Å²) in [5, 5.41) is 11.5. The molecule has 2 aliphatic rings. The van der Waals surface area contributed by atoms with Crippen LogP contribution in [-0.2, 0) is 0 Å². The molecule has 0 aromatic heterocycles. The molecule has 0 saturated carbocycles. The molecule has 5 heteroatoms. The first-order chi connectivity index (χ1) is 9.15. The second-order valence-electron chi connectivity index (χ2n) is 5.08. The highest BCUT2D eigenvalue weighted by atomic mass is 32.2. The van der Waals surface area contributed by atoms with Crippen molar-refractivity contribution in [3.63, 3.8) is 0 Å². The first kappa shape index (κ1) is 13.3.